The SMILES string of the molecule is C[C@@H](O/N=C/c1ccc(Br)cc1)C(=O)N/N=C\c1c(O)c(Br)cc2oc3c(c12)CCCC3. The summed E-state index contributed by atoms with van der Waals surface area (Å²) >= 11 is 6.73. The summed E-state index contributed by atoms with van der Waals surface area (Å²) in [5.41, 5.74) is 5.57. The van der Waals surface area contributed by atoms with E-state index in [1.165, 1.54) is 12.4 Å². The van der Waals surface area contributed by atoms with Crippen molar-refractivity contribution in [3.63, 3.8) is 0 Å². The molecular weight excluding hydrogens is 542 g/mol. The number of aromatic hydroxyl groups is 1. The van der Waals surface area contributed by atoms with Gasteiger partial charge in [-0.25, -0.2) is 5.43 Å². The highest BCUT2D eigenvalue weighted by molar-refractivity contribution is 9.10. The van der Waals surface area contributed by atoms with Gasteiger partial charge in [0.25, 0.3) is 5.91 Å². The quantitative estimate of drug-likeness (QED) is 0.309. The molecule has 1 aliphatic carbocycles. The first-order valence-electron chi connectivity index (χ1n) is 10.2. The minimum absolute atomic E-state index is 0.0491. The number of furan rings is 1. The van der Waals surface area contributed by atoms with Crippen LogP contribution in [0.5, 0.6) is 5.75 Å². The number of halogens is 2. The molecule has 7 nitrogen and oxygen atoms in total. The van der Waals surface area contributed by atoms with Crippen molar-refractivity contribution in [3.8, 4) is 5.75 Å². The average Bonchev–Trinajstić information content (AvgIpc) is 3.15. The maximum Gasteiger partial charge on any atom is 0.283 e. The second-order valence-corrected chi connectivity index (χ2v) is 9.24. The van der Waals surface area contributed by atoms with Crippen LogP contribution in [-0.2, 0) is 22.5 Å². The molecule has 1 aliphatic rings. The molecule has 0 spiro atoms. The Labute approximate surface area is 201 Å². The van der Waals surface area contributed by atoms with Gasteiger partial charge in [0.1, 0.15) is 17.1 Å². The molecule has 0 unspecified atom stereocenters. The summed E-state index contributed by atoms with van der Waals surface area (Å²) in [7, 11) is 0. The van der Waals surface area contributed by atoms with Crippen LogP contribution < -0.4 is 5.43 Å². The van der Waals surface area contributed by atoms with Crippen LogP contribution in [0.2, 0.25) is 0 Å². The van der Waals surface area contributed by atoms with Crippen molar-refractivity contribution >= 4 is 61.2 Å². The maximum absolute atomic E-state index is 12.3. The Bertz CT molecular complexity index is 1200. The fourth-order valence-corrected chi connectivity index (χ4v) is 4.26. The smallest absolute Gasteiger partial charge is 0.283 e. The van der Waals surface area contributed by atoms with Gasteiger partial charge in [0.15, 0.2) is 0 Å². The van der Waals surface area contributed by atoms with Crippen LogP contribution in [0, 0.1) is 0 Å². The second-order valence-electron chi connectivity index (χ2n) is 7.47. The summed E-state index contributed by atoms with van der Waals surface area (Å²) in [6.07, 6.45) is 6.03. The van der Waals surface area contributed by atoms with Crippen molar-refractivity contribution in [2.45, 2.75) is 38.7 Å². The van der Waals surface area contributed by atoms with Crippen molar-refractivity contribution in [3.05, 3.63) is 61.7 Å². The molecule has 2 N–H and O–H groups in total. The summed E-state index contributed by atoms with van der Waals surface area (Å²) in [6.45, 7) is 1.57. The fourth-order valence-electron chi connectivity index (χ4n) is 3.57. The lowest BCUT2D eigenvalue weighted by Crippen LogP contribution is -2.30. The van der Waals surface area contributed by atoms with Crippen molar-refractivity contribution < 1.29 is 19.2 Å². The van der Waals surface area contributed by atoms with E-state index in [9.17, 15) is 9.90 Å². The third-order valence-electron chi connectivity index (χ3n) is 5.24. The number of fused-ring (bicyclic) bond motifs is 3. The van der Waals surface area contributed by atoms with Gasteiger partial charge in [0.2, 0.25) is 6.10 Å². The third-order valence-corrected chi connectivity index (χ3v) is 6.37. The zero-order valence-corrected chi connectivity index (χ0v) is 20.4. The molecule has 0 radical (unpaired) electrons. The summed E-state index contributed by atoms with van der Waals surface area (Å²) in [5, 5.41) is 19.3. The lowest BCUT2D eigenvalue weighted by atomic mass is 9.94. The summed E-state index contributed by atoms with van der Waals surface area (Å²) < 4.78 is 7.46. The molecule has 4 rings (SSSR count). The number of hydrogen-bond acceptors (Lipinski definition) is 6. The number of nitrogens with zero attached hydrogens (tertiary/aromatic N) is 2. The predicted molar refractivity (Wildman–Crippen MR) is 130 cm³/mol. The van der Waals surface area contributed by atoms with Crippen molar-refractivity contribution in [2.75, 3.05) is 0 Å². The molecule has 0 aliphatic heterocycles. The molecule has 0 fully saturated rings. The topological polar surface area (TPSA) is 96.4 Å². The molecule has 9 heteroatoms. The van der Waals surface area contributed by atoms with E-state index < -0.39 is 12.0 Å². The van der Waals surface area contributed by atoms with Crippen molar-refractivity contribution in [1.29, 1.82) is 0 Å². The monoisotopic (exact) mass is 561 g/mol. The zero-order chi connectivity index (χ0) is 22.7. The average molecular weight is 563 g/mol. The molecule has 1 heterocycles. The minimum Gasteiger partial charge on any atom is -0.506 e. The van der Waals surface area contributed by atoms with Gasteiger partial charge in [0.05, 0.1) is 16.9 Å². The van der Waals surface area contributed by atoms with Gasteiger partial charge in [-0.05, 0) is 65.9 Å². The number of phenols is 1. The number of carbonyl (C=O) groups is 1. The van der Waals surface area contributed by atoms with Gasteiger partial charge in [-0.3, -0.25) is 4.79 Å². The van der Waals surface area contributed by atoms with E-state index >= 15 is 0 Å². The first-order valence-corrected chi connectivity index (χ1v) is 11.8. The Kier molecular flexibility index (Phi) is 6.95. The van der Waals surface area contributed by atoms with Crippen LogP contribution in [0.15, 0.2) is 54.0 Å². The Hall–Kier alpha value is -2.65. The molecule has 1 amide bonds. The Balaban J connectivity index is 1.45. The molecule has 0 saturated carbocycles. The minimum atomic E-state index is -0.850. The number of hydrazone groups is 1. The van der Waals surface area contributed by atoms with Gasteiger partial charge >= 0.3 is 0 Å². The largest absolute Gasteiger partial charge is 0.506 e. The highest BCUT2D eigenvalue weighted by atomic mass is 79.9. The van der Waals surface area contributed by atoms with Crippen LogP contribution in [0.25, 0.3) is 11.0 Å². The second kappa shape index (κ2) is 9.87. The van der Waals surface area contributed by atoms with Gasteiger partial charge in [-0.1, -0.05) is 33.2 Å². The zero-order valence-electron chi connectivity index (χ0n) is 17.3. The van der Waals surface area contributed by atoms with Crippen molar-refractivity contribution in [2.24, 2.45) is 10.3 Å². The molecule has 1 atom stereocenters. The van der Waals surface area contributed by atoms with Gasteiger partial charge < -0.3 is 14.4 Å². The fraction of sp³-hybridized carbons (Fsp3) is 0.261. The van der Waals surface area contributed by atoms with Crippen LogP contribution >= 0.6 is 31.9 Å². The number of hydrogen-bond donors (Lipinski definition) is 2. The van der Waals surface area contributed by atoms with Crippen molar-refractivity contribution in [1.82, 2.24) is 5.43 Å². The summed E-state index contributed by atoms with van der Waals surface area (Å²) in [5.74, 6) is 0.537. The molecule has 3 aromatic rings. The number of phenolic OH excluding ortho intramolecular Hbond substituents is 1. The standard InChI is InChI=1S/C23H21Br2N3O4/c1-13(32-27-11-14-6-8-15(24)9-7-14)23(30)28-26-12-17-21-16-4-2-3-5-19(16)31-20(21)10-18(25)22(17)29/h6-13,29H,2-5H2,1H3,(H,28,30)/b26-12-,27-11+/t13-/m1/s1. The highest BCUT2D eigenvalue weighted by Gasteiger charge is 2.23. The molecular formula is C23H21Br2N3O4. The number of carbonyl (C=O) groups excluding carboxylic acids is 1. The molecule has 32 heavy (non-hydrogen) atoms. The first-order chi connectivity index (χ1) is 15.4. The lowest BCUT2D eigenvalue weighted by Gasteiger charge is -2.10. The number of rotatable bonds is 6. The van der Waals surface area contributed by atoms with E-state index in [-0.39, 0.29) is 5.75 Å². The van der Waals surface area contributed by atoms with Gasteiger partial charge in [0, 0.05) is 27.4 Å². The number of benzene rings is 2. The predicted octanol–water partition coefficient (Wildman–Crippen LogP) is 5.43. The summed E-state index contributed by atoms with van der Waals surface area (Å²) in [4.78, 5) is 17.5. The number of amides is 1. The van der Waals surface area contributed by atoms with E-state index in [4.69, 9.17) is 9.25 Å². The summed E-state index contributed by atoms with van der Waals surface area (Å²) in [6, 6.07) is 9.27. The van der Waals surface area contributed by atoms with Gasteiger partial charge in [-0.2, -0.15) is 5.10 Å². The lowest BCUT2D eigenvalue weighted by molar-refractivity contribution is -0.131. The Morgan fingerprint density at radius 1 is 1.22 bits per heavy atom. The van der Waals surface area contributed by atoms with E-state index in [2.05, 4.69) is 47.5 Å². The highest BCUT2D eigenvalue weighted by Crippen LogP contribution is 2.40. The molecule has 166 valence electrons. The third kappa shape index (κ3) is 4.88. The molecule has 0 saturated heterocycles. The van der Waals surface area contributed by atoms with E-state index in [1.807, 2.05) is 24.3 Å². The Morgan fingerprint density at radius 2 is 1.97 bits per heavy atom. The van der Waals surface area contributed by atoms with Crippen LogP contribution in [0.1, 0.15) is 42.2 Å². The van der Waals surface area contributed by atoms with E-state index in [1.54, 1.807) is 13.0 Å². The van der Waals surface area contributed by atoms with E-state index in [0.29, 0.717) is 15.6 Å². The molecule has 2 aromatic carbocycles. The Morgan fingerprint density at radius 3 is 2.75 bits per heavy atom. The number of nitrogens with one attached hydrogen (secondary N) is 1. The van der Waals surface area contributed by atoms with Crippen LogP contribution in [-0.4, -0.2) is 29.5 Å². The van der Waals surface area contributed by atoms with E-state index in [0.717, 1.165) is 52.4 Å². The van der Waals surface area contributed by atoms with Crippen LogP contribution in [0.4, 0.5) is 0 Å². The van der Waals surface area contributed by atoms with Gasteiger partial charge in [-0.15, -0.1) is 0 Å². The molecule has 1 aromatic heterocycles. The number of oxime groups is 1. The number of aryl methyl sites for hydroxylation is 2. The maximum atomic E-state index is 12.3. The van der Waals surface area contributed by atoms with Crippen LogP contribution in [0.3, 0.4) is 0 Å². The normalized spacial score (nSPS) is 14.7. The first kappa shape index (κ1) is 22.5. The molecule has 0 bridgehead atoms.